The Morgan fingerprint density at radius 2 is 2.24 bits per heavy atom. The van der Waals surface area contributed by atoms with Crippen molar-refractivity contribution in [3.63, 3.8) is 0 Å². The Balaban J connectivity index is 1.63. The first-order valence-electron chi connectivity index (χ1n) is 7.95. The molecular weight excluding hydrogens is 284 g/mol. The highest BCUT2D eigenvalue weighted by molar-refractivity contribution is 7.71. The lowest BCUT2D eigenvalue weighted by Gasteiger charge is -2.33. The SMILES string of the molecule is C[C@H](CC(=O)N1CCC[C@H](c2n[nH]c(=S)n2C)C1)C1CC1. The second-order valence-electron chi connectivity index (χ2n) is 6.64. The van der Waals surface area contributed by atoms with Gasteiger partial charge in [0.25, 0.3) is 0 Å². The Kier molecular flexibility index (Phi) is 4.15. The van der Waals surface area contributed by atoms with Gasteiger partial charge in [-0.15, -0.1) is 0 Å². The second-order valence-corrected chi connectivity index (χ2v) is 7.03. The van der Waals surface area contributed by atoms with E-state index in [4.69, 9.17) is 12.2 Å². The van der Waals surface area contributed by atoms with Crippen LogP contribution in [-0.2, 0) is 11.8 Å². The summed E-state index contributed by atoms with van der Waals surface area (Å²) in [7, 11) is 1.94. The number of rotatable bonds is 4. The molecule has 0 aromatic carbocycles. The minimum Gasteiger partial charge on any atom is -0.342 e. The molecule has 1 N–H and O–H groups in total. The third-order valence-electron chi connectivity index (χ3n) is 4.98. The van der Waals surface area contributed by atoms with Gasteiger partial charge >= 0.3 is 0 Å². The number of H-pyrrole nitrogens is 1. The molecule has 1 aliphatic carbocycles. The summed E-state index contributed by atoms with van der Waals surface area (Å²) in [5.41, 5.74) is 0. The third kappa shape index (κ3) is 3.20. The van der Waals surface area contributed by atoms with Crippen LogP contribution in [0.1, 0.15) is 50.8 Å². The molecule has 5 nitrogen and oxygen atoms in total. The number of piperidine rings is 1. The summed E-state index contributed by atoms with van der Waals surface area (Å²) < 4.78 is 2.58. The Hall–Kier alpha value is -1.17. The maximum atomic E-state index is 12.5. The molecule has 1 saturated carbocycles. The normalized spacial score (nSPS) is 24.1. The van der Waals surface area contributed by atoms with Crippen molar-refractivity contribution in [2.24, 2.45) is 18.9 Å². The molecule has 1 aromatic heterocycles. The van der Waals surface area contributed by atoms with Crippen molar-refractivity contribution in [3.05, 3.63) is 10.6 Å². The number of likely N-dealkylation sites (tertiary alicyclic amines) is 1. The van der Waals surface area contributed by atoms with E-state index in [-0.39, 0.29) is 0 Å². The minimum absolute atomic E-state index is 0.303. The lowest BCUT2D eigenvalue weighted by atomic mass is 9.95. The first-order chi connectivity index (χ1) is 10.1. The largest absolute Gasteiger partial charge is 0.342 e. The first kappa shape index (κ1) is 14.8. The zero-order chi connectivity index (χ0) is 15.0. The van der Waals surface area contributed by atoms with Gasteiger partial charge in [0.1, 0.15) is 5.82 Å². The van der Waals surface area contributed by atoms with Crippen LogP contribution in [0, 0.1) is 16.6 Å². The topological polar surface area (TPSA) is 53.9 Å². The number of aromatic nitrogens is 3. The van der Waals surface area contributed by atoms with Gasteiger partial charge in [0.15, 0.2) is 4.77 Å². The number of aromatic amines is 1. The molecule has 0 bridgehead atoms. The average molecular weight is 308 g/mol. The van der Waals surface area contributed by atoms with Crippen molar-refractivity contribution in [1.82, 2.24) is 19.7 Å². The van der Waals surface area contributed by atoms with Crippen molar-refractivity contribution in [2.75, 3.05) is 13.1 Å². The number of carbonyl (C=O) groups is 1. The summed E-state index contributed by atoms with van der Waals surface area (Å²) in [6.45, 7) is 3.89. The molecule has 2 atom stereocenters. The van der Waals surface area contributed by atoms with Crippen LogP contribution in [0.25, 0.3) is 0 Å². The zero-order valence-electron chi connectivity index (χ0n) is 12.8. The van der Waals surface area contributed by atoms with Crippen LogP contribution in [0.4, 0.5) is 0 Å². The minimum atomic E-state index is 0.303. The van der Waals surface area contributed by atoms with E-state index in [0.29, 0.717) is 28.9 Å². The van der Waals surface area contributed by atoms with Crippen LogP contribution in [0.2, 0.25) is 0 Å². The van der Waals surface area contributed by atoms with Crippen molar-refractivity contribution in [3.8, 4) is 0 Å². The van der Waals surface area contributed by atoms with Crippen LogP contribution in [0.15, 0.2) is 0 Å². The van der Waals surface area contributed by atoms with E-state index in [1.54, 1.807) is 0 Å². The fourth-order valence-corrected chi connectivity index (χ4v) is 3.51. The molecule has 2 aliphatic rings. The first-order valence-corrected chi connectivity index (χ1v) is 8.36. The Bertz CT molecular complexity index is 574. The molecule has 3 rings (SSSR count). The molecule has 1 aromatic rings. The van der Waals surface area contributed by atoms with E-state index in [1.807, 2.05) is 16.5 Å². The lowest BCUT2D eigenvalue weighted by Crippen LogP contribution is -2.40. The Morgan fingerprint density at radius 3 is 2.86 bits per heavy atom. The molecule has 2 heterocycles. The predicted molar refractivity (Wildman–Crippen MR) is 83.5 cm³/mol. The van der Waals surface area contributed by atoms with Crippen LogP contribution in [0.5, 0.6) is 0 Å². The van der Waals surface area contributed by atoms with E-state index >= 15 is 0 Å². The number of nitrogens with one attached hydrogen (secondary N) is 1. The van der Waals surface area contributed by atoms with Crippen molar-refractivity contribution in [2.45, 2.75) is 44.9 Å². The van der Waals surface area contributed by atoms with E-state index < -0.39 is 0 Å². The number of hydrogen-bond acceptors (Lipinski definition) is 3. The fraction of sp³-hybridized carbons (Fsp3) is 0.800. The van der Waals surface area contributed by atoms with Gasteiger partial charge in [-0.2, -0.15) is 5.10 Å². The summed E-state index contributed by atoms with van der Waals surface area (Å²) in [5, 5.41) is 7.19. The van der Waals surface area contributed by atoms with E-state index in [0.717, 1.165) is 37.7 Å². The molecule has 2 fully saturated rings. The molecule has 0 spiro atoms. The highest BCUT2D eigenvalue weighted by atomic mass is 32.1. The van der Waals surface area contributed by atoms with Gasteiger partial charge in [0.05, 0.1) is 0 Å². The van der Waals surface area contributed by atoms with Gasteiger partial charge in [-0.25, -0.2) is 0 Å². The van der Waals surface area contributed by atoms with E-state index in [2.05, 4.69) is 17.1 Å². The maximum Gasteiger partial charge on any atom is 0.222 e. The quantitative estimate of drug-likeness (QED) is 0.870. The monoisotopic (exact) mass is 308 g/mol. The van der Waals surface area contributed by atoms with Gasteiger partial charge in [-0.1, -0.05) is 6.92 Å². The van der Waals surface area contributed by atoms with Crippen LogP contribution >= 0.6 is 12.2 Å². The third-order valence-corrected chi connectivity index (χ3v) is 5.34. The molecule has 1 aliphatic heterocycles. The summed E-state index contributed by atoms with van der Waals surface area (Å²) in [6.07, 6.45) is 5.45. The summed E-state index contributed by atoms with van der Waals surface area (Å²) >= 11 is 5.18. The molecule has 0 unspecified atom stereocenters. The number of nitrogens with zero attached hydrogens (tertiary/aromatic N) is 3. The lowest BCUT2D eigenvalue weighted by molar-refractivity contribution is -0.133. The number of amides is 1. The highest BCUT2D eigenvalue weighted by Gasteiger charge is 2.32. The van der Waals surface area contributed by atoms with Crippen molar-refractivity contribution in [1.29, 1.82) is 0 Å². The highest BCUT2D eigenvalue weighted by Crippen LogP contribution is 2.38. The maximum absolute atomic E-state index is 12.5. The summed E-state index contributed by atoms with van der Waals surface area (Å²) in [4.78, 5) is 14.5. The number of carbonyl (C=O) groups excluding carboxylic acids is 1. The van der Waals surface area contributed by atoms with Gasteiger partial charge in [0, 0.05) is 32.5 Å². The molecule has 1 saturated heterocycles. The second kappa shape index (κ2) is 5.91. The Labute approximate surface area is 130 Å². The van der Waals surface area contributed by atoms with Gasteiger partial charge in [-0.3, -0.25) is 9.89 Å². The van der Waals surface area contributed by atoms with Gasteiger partial charge < -0.3 is 9.47 Å². The average Bonchev–Trinajstić information content (AvgIpc) is 3.27. The van der Waals surface area contributed by atoms with Crippen LogP contribution in [0.3, 0.4) is 0 Å². The van der Waals surface area contributed by atoms with Gasteiger partial charge in [-0.05, 0) is 49.7 Å². The number of hydrogen-bond donors (Lipinski definition) is 1. The van der Waals surface area contributed by atoms with Crippen molar-refractivity contribution >= 4 is 18.1 Å². The fourth-order valence-electron chi connectivity index (χ4n) is 3.38. The van der Waals surface area contributed by atoms with Crippen LogP contribution < -0.4 is 0 Å². The zero-order valence-corrected chi connectivity index (χ0v) is 13.7. The summed E-state index contributed by atoms with van der Waals surface area (Å²) in [5.74, 6) is 2.93. The molecule has 21 heavy (non-hydrogen) atoms. The molecule has 1 amide bonds. The molecule has 116 valence electrons. The molecule has 0 radical (unpaired) electrons. The summed E-state index contributed by atoms with van der Waals surface area (Å²) in [6, 6.07) is 0. The van der Waals surface area contributed by atoms with Crippen molar-refractivity contribution < 1.29 is 4.79 Å². The van der Waals surface area contributed by atoms with E-state index in [1.165, 1.54) is 12.8 Å². The standard InChI is InChI=1S/C15H24N4OS/c1-10(11-5-6-11)8-13(20)19-7-3-4-12(9-19)14-16-17-15(21)18(14)2/h10-12H,3-9H2,1-2H3,(H,17,21)/t10-,12+/m1/s1. The molecular formula is C15H24N4OS. The molecule has 6 heteroatoms. The predicted octanol–water partition coefficient (Wildman–Crippen LogP) is 2.62. The van der Waals surface area contributed by atoms with E-state index in [9.17, 15) is 4.79 Å². The Morgan fingerprint density at radius 1 is 1.48 bits per heavy atom. The van der Waals surface area contributed by atoms with Gasteiger partial charge in [0.2, 0.25) is 5.91 Å². The smallest absolute Gasteiger partial charge is 0.222 e. The van der Waals surface area contributed by atoms with Crippen LogP contribution in [-0.4, -0.2) is 38.7 Å².